The van der Waals surface area contributed by atoms with Crippen LogP contribution >= 0.6 is 0 Å². The second-order valence-corrected chi connectivity index (χ2v) is 6.15. The molecule has 1 aliphatic carbocycles. The van der Waals surface area contributed by atoms with Gasteiger partial charge in [0.25, 0.3) is 0 Å². The summed E-state index contributed by atoms with van der Waals surface area (Å²) in [7, 11) is 1.72. The first kappa shape index (κ1) is 14.4. The van der Waals surface area contributed by atoms with Crippen LogP contribution in [0.1, 0.15) is 36.2 Å². The molecule has 1 aromatic carbocycles. The molecule has 0 unspecified atom stereocenters. The van der Waals surface area contributed by atoms with Crippen molar-refractivity contribution in [3.8, 4) is 11.1 Å². The highest BCUT2D eigenvalue weighted by molar-refractivity contribution is 5.80. The fourth-order valence-electron chi connectivity index (χ4n) is 3.51. The molecule has 0 bridgehead atoms. The van der Waals surface area contributed by atoms with Gasteiger partial charge in [-0.25, -0.2) is 9.50 Å². The summed E-state index contributed by atoms with van der Waals surface area (Å²) in [6.07, 6.45) is 8.01. The van der Waals surface area contributed by atoms with Gasteiger partial charge in [0.15, 0.2) is 5.65 Å². The Kier molecular flexibility index (Phi) is 3.83. The number of nitrogens with zero attached hydrogens (tertiary/aromatic N) is 3. The van der Waals surface area contributed by atoms with Gasteiger partial charge in [-0.3, -0.25) is 0 Å². The largest absolute Gasteiger partial charge is 0.378 e. The Hall–Kier alpha value is -2.20. The van der Waals surface area contributed by atoms with E-state index in [0.29, 0.717) is 6.61 Å². The summed E-state index contributed by atoms with van der Waals surface area (Å²) in [4.78, 5) is 4.76. The van der Waals surface area contributed by atoms with Crippen molar-refractivity contribution in [2.45, 2.75) is 38.7 Å². The fourth-order valence-corrected chi connectivity index (χ4v) is 3.51. The van der Waals surface area contributed by atoms with Crippen molar-refractivity contribution in [1.29, 1.82) is 0 Å². The topological polar surface area (TPSA) is 39.4 Å². The minimum absolute atomic E-state index is 0.502. The van der Waals surface area contributed by atoms with Crippen molar-refractivity contribution in [3.05, 3.63) is 53.5 Å². The predicted molar refractivity (Wildman–Crippen MR) is 90.4 cm³/mol. The zero-order valence-corrected chi connectivity index (χ0v) is 13.5. The third-order valence-corrected chi connectivity index (χ3v) is 4.61. The molecule has 118 valence electrons. The first-order valence-electron chi connectivity index (χ1n) is 8.31. The molecule has 0 spiro atoms. The standard InChI is InChI=1S/C19H21N3O/c1-23-13-16-18(14-8-4-2-5-9-14)19-20-12-15-10-6-3-7-11-17(15)22(19)21-16/h2,4-5,8-9,12H,3,6-7,10-11,13H2,1H3. The molecular weight excluding hydrogens is 286 g/mol. The maximum atomic E-state index is 5.38. The number of ether oxygens (including phenoxy) is 1. The quantitative estimate of drug-likeness (QED) is 0.691. The van der Waals surface area contributed by atoms with Crippen molar-refractivity contribution < 1.29 is 4.74 Å². The molecule has 4 nitrogen and oxygen atoms in total. The molecule has 0 N–H and O–H groups in total. The van der Waals surface area contributed by atoms with E-state index in [4.69, 9.17) is 14.8 Å². The van der Waals surface area contributed by atoms with Crippen molar-refractivity contribution in [1.82, 2.24) is 14.6 Å². The van der Waals surface area contributed by atoms with E-state index in [1.165, 1.54) is 30.5 Å². The lowest BCUT2D eigenvalue weighted by molar-refractivity contribution is 0.181. The molecule has 0 atom stereocenters. The Morgan fingerprint density at radius 3 is 2.74 bits per heavy atom. The number of methoxy groups -OCH3 is 1. The maximum absolute atomic E-state index is 5.38. The number of hydrogen-bond acceptors (Lipinski definition) is 3. The van der Waals surface area contributed by atoms with E-state index in [0.717, 1.165) is 35.3 Å². The van der Waals surface area contributed by atoms with Crippen LogP contribution < -0.4 is 0 Å². The fraction of sp³-hybridized carbons (Fsp3) is 0.368. The number of benzene rings is 1. The molecule has 4 heteroatoms. The van der Waals surface area contributed by atoms with Gasteiger partial charge in [-0.2, -0.15) is 5.10 Å². The Balaban J connectivity index is 1.97. The van der Waals surface area contributed by atoms with Gasteiger partial charge in [-0.1, -0.05) is 36.8 Å². The molecule has 0 saturated carbocycles. The Morgan fingerprint density at radius 1 is 1.09 bits per heavy atom. The minimum Gasteiger partial charge on any atom is -0.378 e. The predicted octanol–water partition coefficient (Wildman–Crippen LogP) is 3.81. The van der Waals surface area contributed by atoms with Gasteiger partial charge in [-0.05, 0) is 36.8 Å². The molecule has 0 amide bonds. The van der Waals surface area contributed by atoms with E-state index in [9.17, 15) is 0 Å². The van der Waals surface area contributed by atoms with Crippen LogP contribution in [-0.4, -0.2) is 21.7 Å². The number of aromatic nitrogens is 3. The van der Waals surface area contributed by atoms with Crippen LogP contribution in [0, 0.1) is 0 Å². The highest BCUT2D eigenvalue weighted by Gasteiger charge is 2.20. The molecule has 1 aliphatic rings. The Bertz CT molecular complexity index is 823. The SMILES string of the molecule is COCc1nn2c3c(cnc2c1-c1ccccc1)CCCCC3. The molecule has 23 heavy (non-hydrogen) atoms. The van der Waals surface area contributed by atoms with Gasteiger partial charge in [0, 0.05) is 19.0 Å². The van der Waals surface area contributed by atoms with E-state index in [1.54, 1.807) is 7.11 Å². The minimum atomic E-state index is 0.502. The molecule has 0 fully saturated rings. The summed E-state index contributed by atoms with van der Waals surface area (Å²) >= 11 is 0. The zero-order chi connectivity index (χ0) is 15.6. The van der Waals surface area contributed by atoms with Crippen LogP contribution in [0.15, 0.2) is 36.5 Å². The first-order chi connectivity index (χ1) is 11.4. The van der Waals surface area contributed by atoms with Crippen LogP contribution in [0.3, 0.4) is 0 Å². The average molecular weight is 307 g/mol. The maximum Gasteiger partial charge on any atom is 0.163 e. The molecule has 4 rings (SSSR count). The summed E-state index contributed by atoms with van der Waals surface area (Å²) < 4.78 is 7.45. The van der Waals surface area contributed by atoms with Gasteiger partial charge in [0.05, 0.1) is 17.9 Å². The summed E-state index contributed by atoms with van der Waals surface area (Å²) in [6.45, 7) is 0.502. The molecule has 2 aromatic heterocycles. The van der Waals surface area contributed by atoms with Gasteiger partial charge in [0.2, 0.25) is 0 Å². The van der Waals surface area contributed by atoms with Crippen molar-refractivity contribution in [3.63, 3.8) is 0 Å². The third kappa shape index (κ3) is 2.53. The van der Waals surface area contributed by atoms with Crippen LogP contribution in [0.25, 0.3) is 16.8 Å². The van der Waals surface area contributed by atoms with Gasteiger partial charge < -0.3 is 4.74 Å². The normalized spacial score (nSPS) is 14.7. The molecule has 0 saturated heterocycles. The van der Waals surface area contributed by atoms with Crippen LogP contribution in [0.5, 0.6) is 0 Å². The molecular formula is C19H21N3O. The van der Waals surface area contributed by atoms with E-state index >= 15 is 0 Å². The Morgan fingerprint density at radius 2 is 1.91 bits per heavy atom. The Labute approximate surface area is 136 Å². The zero-order valence-electron chi connectivity index (χ0n) is 13.5. The van der Waals surface area contributed by atoms with Crippen LogP contribution in [0.2, 0.25) is 0 Å². The lowest BCUT2D eigenvalue weighted by Gasteiger charge is -2.07. The lowest BCUT2D eigenvalue weighted by Crippen LogP contribution is -2.04. The smallest absolute Gasteiger partial charge is 0.163 e. The van der Waals surface area contributed by atoms with E-state index < -0.39 is 0 Å². The summed E-state index contributed by atoms with van der Waals surface area (Å²) in [5, 5.41) is 4.86. The number of rotatable bonds is 3. The van der Waals surface area contributed by atoms with Crippen LogP contribution in [0.4, 0.5) is 0 Å². The second-order valence-electron chi connectivity index (χ2n) is 6.15. The molecule has 0 radical (unpaired) electrons. The number of fused-ring (bicyclic) bond motifs is 3. The second kappa shape index (κ2) is 6.13. The van der Waals surface area contributed by atoms with E-state index in [-0.39, 0.29) is 0 Å². The van der Waals surface area contributed by atoms with E-state index in [1.807, 2.05) is 6.07 Å². The number of aryl methyl sites for hydroxylation is 2. The average Bonchev–Trinajstić information content (AvgIpc) is 2.78. The monoisotopic (exact) mass is 307 g/mol. The highest BCUT2D eigenvalue weighted by Crippen LogP contribution is 2.30. The molecule has 3 aromatic rings. The summed E-state index contributed by atoms with van der Waals surface area (Å²) in [6, 6.07) is 10.4. The van der Waals surface area contributed by atoms with Gasteiger partial charge >= 0.3 is 0 Å². The van der Waals surface area contributed by atoms with E-state index in [2.05, 4.69) is 35.0 Å². The van der Waals surface area contributed by atoms with Crippen molar-refractivity contribution in [2.24, 2.45) is 0 Å². The summed E-state index contributed by atoms with van der Waals surface area (Å²) in [5.41, 5.74) is 6.83. The highest BCUT2D eigenvalue weighted by atomic mass is 16.5. The molecule has 2 heterocycles. The first-order valence-corrected chi connectivity index (χ1v) is 8.31. The van der Waals surface area contributed by atoms with Gasteiger partial charge in [-0.15, -0.1) is 0 Å². The van der Waals surface area contributed by atoms with Crippen LogP contribution in [-0.2, 0) is 24.2 Å². The van der Waals surface area contributed by atoms with Gasteiger partial charge in [0.1, 0.15) is 0 Å². The number of hydrogen-bond donors (Lipinski definition) is 0. The molecule has 0 aliphatic heterocycles. The lowest BCUT2D eigenvalue weighted by atomic mass is 10.1. The van der Waals surface area contributed by atoms with Crippen molar-refractivity contribution >= 4 is 5.65 Å². The third-order valence-electron chi connectivity index (χ3n) is 4.61. The van der Waals surface area contributed by atoms with Crippen molar-refractivity contribution in [2.75, 3.05) is 7.11 Å². The summed E-state index contributed by atoms with van der Waals surface area (Å²) in [5.74, 6) is 0.